The molecule has 5 aromatic rings. The van der Waals surface area contributed by atoms with Crippen LogP contribution in [0.1, 0.15) is 51.2 Å². The fourth-order valence-electron chi connectivity index (χ4n) is 4.57. The topological polar surface area (TPSA) is 42.6 Å². The molecule has 0 aliphatic rings. The molecule has 0 amide bonds. The first-order valence-electron chi connectivity index (χ1n) is 12.3. The molecular weight excluding hydrogens is 478 g/mol. The summed E-state index contributed by atoms with van der Waals surface area (Å²) < 4.78 is 5.94. The second-order valence-corrected chi connectivity index (χ2v) is 9.20. The normalized spacial score (nSPS) is 12.5. The molecule has 1 aromatic heterocycles. The van der Waals surface area contributed by atoms with Gasteiger partial charge >= 0.3 is 0 Å². The maximum atomic E-state index is 13.5. The zero-order chi connectivity index (χ0) is 25.5. The summed E-state index contributed by atoms with van der Waals surface area (Å²) in [5.74, 6) is 0.350. The number of aliphatic imine (C=N–C) groups is 1. The van der Waals surface area contributed by atoms with Gasteiger partial charge in [-0.2, -0.15) is 0 Å². The van der Waals surface area contributed by atoms with Gasteiger partial charge in [-0.25, -0.2) is 0 Å². The van der Waals surface area contributed by atoms with Crippen molar-refractivity contribution in [2.45, 2.75) is 18.4 Å². The highest BCUT2D eigenvalue weighted by Gasteiger charge is 2.31. The number of furan rings is 1. The molecule has 0 bridgehead atoms. The highest BCUT2D eigenvalue weighted by molar-refractivity contribution is 6.31. The monoisotopic (exact) mass is 503 g/mol. The van der Waals surface area contributed by atoms with Crippen LogP contribution in [0.5, 0.6) is 0 Å². The molecule has 0 unspecified atom stereocenters. The molecule has 182 valence electrons. The van der Waals surface area contributed by atoms with Crippen LogP contribution in [-0.2, 0) is 0 Å². The lowest BCUT2D eigenvalue weighted by Crippen LogP contribution is -2.17. The van der Waals surface area contributed by atoms with Crippen molar-refractivity contribution in [3.8, 4) is 0 Å². The predicted octanol–water partition coefficient (Wildman–Crippen LogP) is 8.57. The molecule has 0 fully saturated rings. The zero-order valence-corrected chi connectivity index (χ0v) is 21.0. The number of hydrogen-bond donors (Lipinski definition) is 0. The van der Waals surface area contributed by atoms with Crippen molar-refractivity contribution in [2.75, 3.05) is 0 Å². The quantitative estimate of drug-likeness (QED) is 0.149. The minimum atomic E-state index is -0.488. The number of ketones is 1. The third-order valence-corrected chi connectivity index (χ3v) is 6.73. The third-order valence-electron chi connectivity index (χ3n) is 6.38. The Kier molecular flexibility index (Phi) is 7.73. The number of benzene rings is 4. The Morgan fingerprint density at radius 2 is 1.22 bits per heavy atom. The lowest BCUT2D eigenvalue weighted by molar-refractivity contribution is 0.0968. The molecule has 0 aliphatic heterocycles. The SMILES string of the molecule is O=C(C[C@@H](c1ccccc1Cl)[C@@H](N=C(c1ccccc1)c1ccccc1)c1ccco1)c1ccccc1. The first-order chi connectivity index (χ1) is 18.2. The first-order valence-corrected chi connectivity index (χ1v) is 12.6. The van der Waals surface area contributed by atoms with Crippen LogP contribution in [0.25, 0.3) is 0 Å². The van der Waals surface area contributed by atoms with Crippen molar-refractivity contribution in [2.24, 2.45) is 4.99 Å². The van der Waals surface area contributed by atoms with E-state index < -0.39 is 6.04 Å². The van der Waals surface area contributed by atoms with Crippen molar-refractivity contribution >= 4 is 23.1 Å². The van der Waals surface area contributed by atoms with Crippen molar-refractivity contribution in [3.63, 3.8) is 0 Å². The number of nitrogens with zero attached hydrogens (tertiary/aromatic N) is 1. The number of carbonyl (C=O) groups is 1. The van der Waals surface area contributed by atoms with E-state index in [9.17, 15) is 4.79 Å². The molecule has 0 radical (unpaired) electrons. The largest absolute Gasteiger partial charge is 0.467 e. The number of Topliss-reactive ketones (excluding diaryl/α,β-unsaturated/α-hetero) is 1. The molecule has 0 N–H and O–H groups in total. The van der Waals surface area contributed by atoms with Gasteiger partial charge in [-0.1, -0.05) is 121 Å². The highest BCUT2D eigenvalue weighted by atomic mass is 35.5. The van der Waals surface area contributed by atoms with Crippen LogP contribution in [0, 0.1) is 0 Å². The lowest BCUT2D eigenvalue weighted by atomic mass is 9.84. The van der Waals surface area contributed by atoms with Gasteiger partial charge in [0.2, 0.25) is 0 Å². The van der Waals surface area contributed by atoms with E-state index in [1.54, 1.807) is 6.26 Å². The molecular formula is C33H26ClNO2. The standard InChI is InChI=1S/C33H26ClNO2/c34-29-20-11-10-19-27(29)28(23-30(36)24-13-4-1-5-14-24)33(31-21-12-22-37-31)35-32(25-15-6-2-7-16-25)26-17-8-3-9-18-26/h1-22,28,33H,23H2/t28-,33+/m0/s1. The van der Waals surface area contributed by atoms with Crippen LogP contribution >= 0.6 is 11.6 Å². The summed E-state index contributed by atoms with van der Waals surface area (Å²) in [6, 6.07) is 40.5. The van der Waals surface area contributed by atoms with Crippen LogP contribution < -0.4 is 0 Å². The zero-order valence-electron chi connectivity index (χ0n) is 20.2. The lowest BCUT2D eigenvalue weighted by Gasteiger charge is -2.25. The molecule has 2 atom stereocenters. The first kappa shape index (κ1) is 24.5. The number of halogens is 1. The van der Waals surface area contributed by atoms with Crippen LogP contribution in [0.2, 0.25) is 5.02 Å². The molecule has 4 aromatic carbocycles. The Balaban J connectivity index is 1.68. The summed E-state index contributed by atoms with van der Waals surface area (Å²) in [6.45, 7) is 0. The van der Waals surface area contributed by atoms with Crippen molar-refractivity contribution in [1.29, 1.82) is 0 Å². The summed E-state index contributed by atoms with van der Waals surface area (Å²) in [5.41, 5.74) is 4.31. The van der Waals surface area contributed by atoms with Crippen LogP contribution in [0.3, 0.4) is 0 Å². The van der Waals surface area contributed by atoms with E-state index in [1.165, 1.54) is 0 Å². The third kappa shape index (κ3) is 5.79. The Labute approximate surface area is 222 Å². The van der Waals surface area contributed by atoms with Crippen molar-refractivity contribution < 1.29 is 9.21 Å². The van der Waals surface area contributed by atoms with Gasteiger partial charge in [0, 0.05) is 34.1 Å². The minimum absolute atomic E-state index is 0.0262. The van der Waals surface area contributed by atoms with E-state index in [-0.39, 0.29) is 18.1 Å². The van der Waals surface area contributed by atoms with Crippen LogP contribution in [0.15, 0.2) is 143 Å². The Morgan fingerprint density at radius 3 is 1.76 bits per heavy atom. The number of rotatable bonds is 9. The van der Waals surface area contributed by atoms with Crippen LogP contribution in [0.4, 0.5) is 0 Å². The number of carbonyl (C=O) groups excluding carboxylic acids is 1. The molecule has 0 saturated heterocycles. The van der Waals surface area contributed by atoms with Gasteiger partial charge in [-0.15, -0.1) is 0 Å². The average Bonchev–Trinajstić information content (AvgIpc) is 3.49. The van der Waals surface area contributed by atoms with Crippen molar-refractivity contribution in [1.82, 2.24) is 0 Å². The summed E-state index contributed by atoms with van der Waals surface area (Å²) in [7, 11) is 0. The van der Waals surface area contributed by atoms with E-state index in [2.05, 4.69) is 0 Å². The molecule has 0 spiro atoms. The van der Waals surface area contributed by atoms with E-state index >= 15 is 0 Å². The van der Waals surface area contributed by atoms with Gasteiger partial charge in [0.1, 0.15) is 11.8 Å². The fraction of sp³-hybridized carbons (Fsp3) is 0.0909. The summed E-state index contributed by atoms with van der Waals surface area (Å²) in [4.78, 5) is 18.9. The van der Waals surface area contributed by atoms with E-state index in [4.69, 9.17) is 21.0 Å². The second-order valence-electron chi connectivity index (χ2n) is 8.79. The summed E-state index contributed by atoms with van der Waals surface area (Å²) in [5, 5.41) is 0.598. The van der Waals surface area contributed by atoms with E-state index in [0.717, 1.165) is 22.4 Å². The number of hydrogen-bond acceptors (Lipinski definition) is 3. The van der Waals surface area contributed by atoms with Gasteiger partial charge < -0.3 is 4.42 Å². The van der Waals surface area contributed by atoms with E-state index in [1.807, 2.05) is 127 Å². The molecule has 0 aliphatic carbocycles. The molecule has 0 saturated carbocycles. The van der Waals surface area contributed by atoms with Gasteiger partial charge in [0.15, 0.2) is 5.78 Å². The van der Waals surface area contributed by atoms with Gasteiger partial charge in [-0.3, -0.25) is 9.79 Å². The molecule has 5 rings (SSSR count). The molecule has 3 nitrogen and oxygen atoms in total. The maximum absolute atomic E-state index is 13.5. The van der Waals surface area contributed by atoms with Crippen LogP contribution in [-0.4, -0.2) is 11.5 Å². The Morgan fingerprint density at radius 1 is 0.676 bits per heavy atom. The van der Waals surface area contributed by atoms with Gasteiger partial charge in [-0.05, 0) is 23.8 Å². The summed E-state index contributed by atoms with van der Waals surface area (Å²) in [6.07, 6.45) is 1.87. The Bertz CT molecular complexity index is 1420. The molecule has 1 heterocycles. The van der Waals surface area contributed by atoms with Crippen molar-refractivity contribution in [3.05, 3.63) is 167 Å². The molecule has 4 heteroatoms. The van der Waals surface area contributed by atoms with Gasteiger partial charge in [0.25, 0.3) is 0 Å². The maximum Gasteiger partial charge on any atom is 0.163 e. The fourth-order valence-corrected chi connectivity index (χ4v) is 4.84. The highest BCUT2D eigenvalue weighted by Crippen LogP contribution is 2.41. The molecule has 37 heavy (non-hydrogen) atoms. The van der Waals surface area contributed by atoms with Gasteiger partial charge in [0.05, 0.1) is 12.0 Å². The van der Waals surface area contributed by atoms with E-state index in [0.29, 0.717) is 16.3 Å². The smallest absolute Gasteiger partial charge is 0.163 e. The Hall–Kier alpha value is -4.21. The minimum Gasteiger partial charge on any atom is -0.467 e. The average molecular weight is 504 g/mol. The predicted molar refractivity (Wildman–Crippen MR) is 150 cm³/mol. The second kappa shape index (κ2) is 11.7. The summed E-state index contributed by atoms with van der Waals surface area (Å²) >= 11 is 6.73.